The Morgan fingerprint density at radius 2 is 1.92 bits per heavy atom. The molecule has 0 bridgehead atoms. The molecule has 0 unspecified atom stereocenters. The lowest BCUT2D eigenvalue weighted by molar-refractivity contribution is -0.244. The predicted molar refractivity (Wildman–Crippen MR) is 91.1 cm³/mol. The average molecular weight is 353 g/mol. The normalized spacial score (nSPS) is 30.6. The first-order chi connectivity index (χ1) is 11.9. The highest BCUT2D eigenvalue weighted by Crippen LogP contribution is 2.26. The number of nitrogens with one attached hydrogen (secondary N) is 1. The SMILES string of the molecule is CC[C@H](C)c1ccc(O[C@@H]2O[C@H](CO)[C@@H](O)[C@H](O)[C@H]2NC(C)=O)cc1. The molecule has 140 valence electrons. The maximum atomic E-state index is 11.4. The molecule has 1 saturated heterocycles. The smallest absolute Gasteiger partial charge is 0.223 e. The van der Waals surface area contributed by atoms with E-state index in [1.54, 1.807) is 12.1 Å². The van der Waals surface area contributed by atoms with Crippen LogP contribution in [0.3, 0.4) is 0 Å². The molecule has 1 aliphatic rings. The Morgan fingerprint density at radius 1 is 1.28 bits per heavy atom. The van der Waals surface area contributed by atoms with E-state index < -0.39 is 37.3 Å². The number of hydrogen-bond donors (Lipinski definition) is 4. The van der Waals surface area contributed by atoms with Crippen LogP contribution in [-0.2, 0) is 9.53 Å². The first kappa shape index (κ1) is 19.7. The molecule has 6 atom stereocenters. The fraction of sp³-hybridized carbons (Fsp3) is 0.611. The van der Waals surface area contributed by atoms with Gasteiger partial charge in [-0.15, -0.1) is 0 Å². The van der Waals surface area contributed by atoms with E-state index in [0.717, 1.165) is 6.42 Å². The molecule has 7 nitrogen and oxygen atoms in total. The molecular formula is C18H27NO6. The van der Waals surface area contributed by atoms with Crippen LogP contribution in [-0.4, -0.2) is 58.5 Å². The minimum absolute atomic E-state index is 0.386. The van der Waals surface area contributed by atoms with Gasteiger partial charge in [0.1, 0.15) is 30.1 Å². The number of carbonyl (C=O) groups is 1. The monoisotopic (exact) mass is 353 g/mol. The van der Waals surface area contributed by atoms with Crippen LogP contribution >= 0.6 is 0 Å². The third kappa shape index (κ3) is 4.70. The van der Waals surface area contributed by atoms with E-state index in [-0.39, 0.29) is 5.91 Å². The van der Waals surface area contributed by atoms with Crippen LogP contribution in [0.5, 0.6) is 5.75 Å². The van der Waals surface area contributed by atoms with E-state index in [1.807, 2.05) is 12.1 Å². The van der Waals surface area contributed by atoms with Crippen molar-refractivity contribution in [3.8, 4) is 5.75 Å². The van der Waals surface area contributed by atoms with Gasteiger partial charge in [0.05, 0.1) is 6.61 Å². The standard InChI is InChI=1S/C18H27NO6/c1-4-10(2)12-5-7-13(8-6-12)24-18-15(19-11(3)21)17(23)16(22)14(9-20)25-18/h5-8,10,14-18,20,22-23H,4,9H2,1-3H3,(H,19,21)/t10-,14+,15+,16+,17+,18+/m0/s1. The van der Waals surface area contributed by atoms with Crippen LogP contribution in [0.4, 0.5) is 0 Å². The Hall–Kier alpha value is -1.67. The summed E-state index contributed by atoms with van der Waals surface area (Å²) in [6.07, 6.45) is -3.65. The number of amides is 1. The number of rotatable bonds is 6. The first-order valence-corrected chi connectivity index (χ1v) is 8.53. The maximum Gasteiger partial charge on any atom is 0.223 e. The van der Waals surface area contributed by atoms with Crippen molar-refractivity contribution >= 4 is 5.91 Å². The van der Waals surface area contributed by atoms with Crippen molar-refractivity contribution in [2.75, 3.05) is 6.61 Å². The lowest BCUT2D eigenvalue weighted by Gasteiger charge is -2.42. The topological polar surface area (TPSA) is 108 Å². The number of aliphatic hydroxyl groups excluding tert-OH is 3. The van der Waals surface area contributed by atoms with Crippen molar-refractivity contribution < 1.29 is 29.6 Å². The molecule has 2 rings (SSSR count). The van der Waals surface area contributed by atoms with Gasteiger partial charge in [0.2, 0.25) is 12.2 Å². The van der Waals surface area contributed by atoms with Gasteiger partial charge >= 0.3 is 0 Å². The van der Waals surface area contributed by atoms with Gasteiger partial charge in [-0.05, 0) is 30.0 Å². The third-order valence-electron chi connectivity index (χ3n) is 4.56. The molecular weight excluding hydrogens is 326 g/mol. The van der Waals surface area contributed by atoms with Crippen molar-refractivity contribution in [1.82, 2.24) is 5.32 Å². The minimum Gasteiger partial charge on any atom is -0.463 e. The van der Waals surface area contributed by atoms with Crippen LogP contribution in [0.1, 0.15) is 38.7 Å². The van der Waals surface area contributed by atoms with Gasteiger partial charge in [-0.2, -0.15) is 0 Å². The Kier molecular flexibility index (Phi) is 6.78. The molecule has 0 aliphatic carbocycles. The molecule has 25 heavy (non-hydrogen) atoms. The van der Waals surface area contributed by atoms with Gasteiger partial charge < -0.3 is 30.1 Å². The summed E-state index contributed by atoms with van der Waals surface area (Å²) in [4.78, 5) is 11.4. The van der Waals surface area contributed by atoms with Gasteiger partial charge in [0, 0.05) is 6.92 Å². The highest BCUT2D eigenvalue weighted by molar-refractivity contribution is 5.73. The second kappa shape index (κ2) is 8.62. The van der Waals surface area contributed by atoms with E-state index >= 15 is 0 Å². The van der Waals surface area contributed by atoms with Crippen molar-refractivity contribution in [2.24, 2.45) is 0 Å². The molecule has 7 heteroatoms. The zero-order chi connectivity index (χ0) is 18.6. The maximum absolute atomic E-state index is 11.4. The quantitative estimate of drug-likeness (QED) is 0.594. The highest BCUT2D eigenvalue weighted by Gasteiger charge is 2.46. The summed E-state index contributed by atoms with van der Waals surface area (Å²) in [5.41, 5.74) is 1.18. The molecule has 4 N–H and O–H groups in total. The largest absolute Gasteiger partial charge is 0.463 e. The Bertz CT molecular complexity index is 563. The van der Waals surface area contributed by atoms with Crippen LogP contribution in [0.25, 0.3) is 0 Å². The van der Waals surface area contributed by atoms with E-state index in [1.165, 1.54) is 12.5 Å². The van der Waals surface area contributed by atoms with Crippen molar-refractivity contribution in [3.63, 3.8) is 0 Å². The summed E-state index contributed by atoms with van der Waals surface area (Å²) in [6, 6.07) is 6.54. The molecule has 0 aromatic heterocycles. The molecule has 1 aromatic carbocycles. The van der Waals surface area contributed by atoms with Crippen molar-refractivity contribution in [3.05, 3.63) is 29.8 Å². The van der Waals surface area contributed by atoms with E-state index in [4.69, 9.17) is 9.47 Å². The minimum atomic E-state index is -1.32. The van der Waals surface area contributed by atoms with E-state index in [0.29, 0.717) is 11.7 Å². The summed E-state index contributed by atoms with van der Waals surface area (Å²) in [5.74, 6) is 0.554. The molecule has 0 radical (unpaired) electrons. The summed E-state index contributed by atoms with van der Waals surface area (Å²) in [6.45, 7) is 5.08. The molecule has 0 saturated carbocycles. The van der Waals surface area contributed by atoms with Gasteiger partial charge in [0.25, 0.3) is 0 Å². The summed E-state index contributed by atoms with van der Waals surface area (Å²) in [7, 11) is 0. The molecule has 1 amide bonds. The van der Waals surface area contributed by atoms with Gasteiger partial charge in [-0.3, -0.25) is 4.79 Å². The lowest BCUT2D eigenvalue weighted by Crippen LogP contribution is -2.65. The van der Waals surface area contributed by atoms with Crippen LogP contribution < -0.4 is 10.1 Å². The van der Waals surface area contributed by atoms with Gasteiger partial charge in [-0.1, -0.05) is 26.0 Å². The zero-order valence-electron chi connectivity index (χ0n) is 14.8. The Labute approximate surface area is 147 Å². The average Bonchev–Trinajstić information content (AvgIpc) is 2.60. The second-order valence-electron chi connectivity index (χ2n) is 6.43. The second-order valence-corrected chi connectivity index (χ2v) is 6.43. The molecule has 0 spiro atoms. The fourth-order valence-corrected chi connectivity index (χ4v) is 2.82. The summed E-state index contributed by atoms with van der Waals surface area (Å²) in [5, 5.41) is 32.1. The van der Waals surface area contributed by atoms with Crippen LogP contribution in [0, 0.1) is 0 Å². The van der Waals surface area contributed by atoms with Gasteiger partial charge in [0.15, 0.2) is 0 Å². The zero-order valence-corrected chi connectivity index (χ0v) is 14.8. The number of ether oxygens (including phenoxy) is 2. The highest BCUT2D eigenvalue weighted by atomic mass is 16.7. The number of benzene rings is 1. The Balaban J connectivity index is 2.16. The van der Waals surface area contributed by atoms with Crippen LogP contribution in [0.2, 0.25) is 0 Å². The first-order valence-electron chi connectivity index (χ1n) is 8.53. The van der Waals surface area contributed by atoms with E-state index in [9.17, 15) is 20.1 Å². The van der Waals surface area contributed by atoms with Crippen molar-refractivity contribution in [1.29, 1.82) is 0 Å². The molecule has 1 aliphatic heterocycles. The van der Waals surface area contributed by atoms with E-state index in [2.05, 4.69) is 19.2 Å². The lowest BCUT2D eigenvalue weighted by atomic mass is 9.97. The summed E-state index contributed by atoms with van der Waals surface area (Å²) >= 11 is 0. The Morgan fingerprint density at radius 3 is 2.44 bits per heavy atom. The number of carbonyl (C=O) groups excluding carboxylic acids is 1. The number of aliphatic hydroxyl groups is 3. The molecule has 1 fully saturated rings. The number of hydrogen-bond acceptors (Lipinski definition) is 6. The fourth-order valence-electron chi connectivity index (χ4n) is 2.82. The summed E-state index contributed by atoms with van der Waals surface area (Å²) < 4.78 is 11.3. The third-order valence-corrected chi connectivity index (χ3v) is 4.56. The van der Waals surface area contributed by atoms with Crippen molar-refractivity contribution in [2.45, 2.75) is 63.8 Å². The van der Waals surface area contributed by atoms with Crippen LogP contribution in [0.15, 0.2) is 24.3 Å². The molecule has 1 aromatic rings. The van der Waals surface area contributed by atoms with Gasteiger partial charge in [-0.25, -0.2) is 0 Å². The molecule has 1 heterocycles. The predicted octanol–water partition coefficient (Wildman–Crippen LogP) is 0.523.